The van der Waals surface area contributed by atoms with E-state index in [1.54, 1.807) is 0 Å². The molecule has 0 saturated carbocycles. The molecule has 0 aliphatic carbocycles. The van der Waals surface area contributed by atoms with Crippen LogP contribution in [0.4, 0.5) is 0 Å². The van der Waals surface area contributed by atoms with Crippen molar-refractivity contribution in [3.8, 4) is 0 Å². The van der Waals surface area contributed by atoms with Crippen molar-refractivity contribution in [2.75, 3.05) is 12.4 Å². The monoisotopic (exact) mass is 277 g/mol. The fraction of sp³-hybridized carbons (Fsp3) is 0.923. The van der Waals surface area contributed by atoms with Crippen LogP contribution in [0.3, 0.4) is 0 Å². The molecule has 0 spiro atoms. The molecular weight excluding hydrogens is 250 g/mol. The minimum Gasteiger partial charge on any atom is -0.394 e. The average molecular weight is 277 g/mol. The molecule has 0 fully saturated rings. The molecule has 108 valence electrons. The Labute approximate surface area is 115 Å². The highest BCUT2D eigenvalue weighted by atomic mass is 32.2. The summed E-state index contributed by atoms with van der Waals surface area (Å²) in [6, 6.07) is 0.112. The molecule has 5 heteroatoms. The van der Waals surface area contributed by atoms with E-state index in [0.717, 1.165) is 0 Å². The highest BCUT2D eigenvalue weighted by molar-refractivity contribution is 8.00. The van der Waals surface area contributed by atoms with Gasteiger partial charge in [0.1, 0.15) is 0 Å². The van der Waals surface area contributed by atoms with E-state index in [-0.39, 0.29) is 23.3 Å². The van der Waals surface area contributed by atoms with Gasteiger partial charge in [-0.25, -0.2) is 0 Å². The Hall–Kier alpha value is -0.260. The van der Waals surface area contributed by atoms with Crippen molar-refractivity contribution in [1.82, 2.24) is 5.32 Å². The molecule has 0 aliphatic rings. The molecule has 0 aliphatic heterocycles. The largest absolute Gasteiger partial charge is 0.394 e. The Morgan fingerprint density at radius 3 is 2.17 bits per heavy atom. The van der Waals surface area contributed by atoms with Crippen LogP contribution in [0.2, 0.25) is 0 Å². The van der Waals surface area contributed by atoms with E-state index < -0.39 is 11.5 Å². The Kier molecular flexibility index (Phi) is 6.68. The normalized spacial score (nSPS) is 14.7. The SMILES string of the molecule is CC(C)NC(=O)C(C)(C)C(C)(C)SCC(O)CO. The van der Waals surface area contributed by atoms with Crippen LogP contribution in [0.25, 0.3) is 0 Å². The number of aliphatic hydroxyl groups excluding tert-OH is 2. The smallest absolute Gasteiger partial charge is 0.227 e. The Balaban J connectivity index is 4.68. The third-order valence-electron chi connectivity index (χ3n) is 3.34. The summed E-state index contributed by atoms with van der Waals surface area (Å²) in [7, 11) is 0. The number of rotatable bonds is 7. The summed E-state index contributed by atoms with van der Waals surface area (Å²) in [4.78, 5) is 12.2. The lowest BCUT2D eigenvalue weighted by atomic mass is 9.79. The predicted molar refractivity (Wildman–Crippen MR) is 76.7 cm³/mol. The van der Waals surface area contributed by atoms with E-state index in [1.807, 2.05) is 41.5 Å². The van der Waals surface area contributed by atoms with Crippen LogP contribution in [0.1, 0.15) is 41.5 Å². The first-order valence-electron chi connectivity index (χ1n) is 6.28. The Morgan fingerprint density at radius 1 is 1.28 bits per heavy atom. The summed E-state index contributed by atoms with van der Waals surface area (Å²) >= 11 is 1.50. The molecular formula is C13H27NO3S. The summed E-state index contributed by atoms with van der Waals surface area (Å²) in [5.41, 5.74) is -0.558. The van der Waals surface area contributed by atoms with Gasteiger partial charge in [-0.3, -0.25) is 4.79 Å². The molecule has 0 bridgehead atoms. The molecule has 0 saturated heterocycles. The minimum absolute atomic E-state index is 0.00786. The lowest BCUT2D eigenvalue weighted by Crippen LogP contribution is -2.50. The van der Waals surface area contributed by atoms with Gasteiger partial charge in [0.25, 0.3) is 0 Å². The third-order valence-corrected chi connectivity index (χ3v) is 5.12. The number of nitrogens with one attached hydrogen (secondary N) is 1. The lowest BCUT2D eigenvalue weighted by molar-refractivity contribution is -0.131. The average Bonchev–Trinajstić information content (AvgIpc) is 2.24. The highest BCUT2D eigenvalue weighted by Gasteiger charge is 2.43. The van der Waals surface area contributed by atoms with Crippen LogP contribution < -0.4 is 5.32 Å². The van der Waals surface area contributed by atoms with Gasteiger partial charge in [0.05, 0.1) is 18.1 Å². The zero-order valence-electron chi connectivity index (χ0n) is 12.3. The molecule has 0 heterocycles. The first-order valence-corrected chi connectivity index (χ1v) is 7.27. The maximum absolute atomic E-state index is 12.2. The number of hydrogen-bond donors (Lipinski definition) is 3. The Morgan fingerprint density at radius 2 is 1.78 bits per heavy atom. The van der Waals surface area contributed by atoms with Crippen LogP contribution in [0.5, 0.6) is 0 Å². The molecule has 0 aromatic rings. The van der Waals surface area contributed by atoms with Crippen LogP contribution >= 0.6 is 11.8 Å². The van der Waals surface area contributed by atoms with Crippen LogP contribution in [-0.4, -0.2) is 45.4 Å². The maximum atomic E-state index is 12.2. The van der Waals surface area contributed by atoms with Crippen molar-refractivity contribution in [3.05, 3.63) is 0 Å². The molecule has 1 unspecified atom stereocenters. The summed E-state index contributed by atoms with van der Waals surface area (Å²) in [5.74, 6) is 0.426. The summed E-state index contributed by atoms with van der Waals surface area (Å²) in [6.07, 6.45) is -0.738. The van der Waals surface area contributed by atoms with Gasteiger partial charge >= 0.3 is 0 Å². The van der Waals surface area contributed by atoms with Gasteiger partial charge < -0.3 is 15.5 Å². The molecule has 0 rings (SSSR count). The van der Waals surface area contributed by atoms with Gasteiger partial charge in [0.15, 0.2) is 0 Å². The zero-order chi connectivity index (χ0) is 14.6. The van der Waals surface area contributed by atoms with Gasteiger partial charge in [0, 0.05) is 16.5 Å². The van der Waals surface area contributed by atoms with Crippen LogP contribution in [0.15, 0.2) is 0 Å². The van der Waals surface area contributed by atoms with Crippen molar-refractivity contribution in [1.29, 1.82) is 0 Å². The second-order valence-electron chi connectivity index (χ2n) is 5.91. The minimum atomic E-state index is -0.738. The number of carbonyl (C=O) groups is 1. The molecule has 1 atom stereocenters. The molecule has 0 radical (unpaired) electrons. The first kappa shape index (κ1) is 17.7. The number of hydrogen-bond acceptors (Lipinski definition) is 4. The maximum Gasteiger partial charge on any atom is 0.227 e. The third kappa shape index (κ3) is 4.78. The fourth-order valence-electron chi connectivity index (χ4n) is 1.25. The quantitative estimate of drug-likeness (QED) is 0.658. The second-order valence-corrected chi connectivity index (χ2v) is 7.55. The van der Waals surface area contributed by atoms with E-state index in [0.29, 0.717) is 5.75 Å². The molecule has 3 N–H and O–H groups in total. The van der Waals surface area contributed by atoms with E-state index in [2.05, 4.69) is 5.32 Å². The Bertz CT molecular complexity index is 277. The second kappa shape index (κ2) is 6.78. The number of aliphatic hydroxyl groups is 2. The highest BCUT2D eigenvalue weighted by Crippen LogP contribution is 2.42. The van der Waals surface area contributed by atoms with Crippen molar-refractivity contribution >= 4 is 17.7 Å². The van der Waals surface area contributed by atoms with Crippen molar-refractivity contribution < 1.29 is 15.0 Å². The summed E-state index contributed by atoms with van der Waals surface area (Å²) < 4.78 is -0.331. The van der Waals surface area contributed by atoms with E-state index in [4.69, 9.17) is 5.11 Å². The van der Waals surface area contributed by atoms with Gasteiger partial charge in [0.2, 0.25) is 5.91 Å². The standard InChI is InChI=1S/C13H27NO3S/c1-9(2)14-11(17)12(3,4)13(5,6)18-8-10(16)7-15/h9-10,15-16H,7-8H2,1-6H3,(H,14,17). The van der Waals surface area contributed by atoms with E-state index >= 15 is 0 Å². The molecule has 18 heavy (non-hydrogen) atoms. The van der Waals surface area contributed by atoms with Gasteiger partial charge in [-0.1, -0.05) is 0 Å². The van der Waals surface area contributed by atoms with Gasteiger partial charge in [-0.15, -0.1) is 0 Å². The van der Waals surface area contributed by atoms with E-state index in [1.165, 1.54) is 11.8 Å². The van der Waals surface area contributed by atoms with Gasteiger partial charge in [-0.2, -0.15) is 11.8 Å². The number of thioether (sulfide) groups is 1. The zero-order valence-corrected chi connectivity index (χ0v) is 13.1. The van der Waals surface area contributed by atoms with Crippen molar-refractivity contribution in [3.63, 3.8) is 0 Å². The van der Waals surface area contributed by atoms with Crippen molar-refractivity contribution in [2.24, 2.45) is 5.41 Å². The fourth-order valence-corrected chi connectivity index (χ4v) is 2.42. The molecule has 1 amide bonds. The molecule has 4 nitrogen and oxygen atoms in total. The first-order chi connectivity index (χ1) is 8.04. The predicted octanol–water partition coefficient (Wildman–Crippen LogP) is 1.40. The lowest BCUT2D eigenvalue weighted by Gasteiger charge is -2.40. The van der Waals surface area contributed by atoms with Crippen LogP contribution in [-0.2, 0) is 4.79 Å². The molecule has 0 aromatic carbocycles. The number of amides is 1. The summed E-state index contributed by atoms with van der Waals surface area (Å²) in [6.45, 7) is 11.4. The summed E-state index contributed by atoms with van der Waals surface area (Å²) in [5, 5.41) is 21.1. The van der Waals surface area contributed by atoms with E-state index in [9.17, 15) is 9.90 Å². The molecule has 0 aromatic heterocycles. The number of carbonyl (C=O) groups excluding carboxylic acids is 1. The topological polar surface area (TPSA) is 69.6 Å². The van der Waals surface area contributed by atoms with Crippen LogP contribution in [0, 0.1) is 5.41 Å². The van der Waals surface area contributed by atoms with Crippen molar-refractivity contribution in [2.45, 2.75) is 58.4 Å². The van der Waals surface area contributed by atoms with Gasteiger partial charge in [-0.05, 0) is 41.5 Å².